The molecule has 0 atom stereocenters. The molecule has 0 unspecified atom stereocenters. The molecule has 1 heterocycles. The second-order valence-electron chi connectivity index (χ2n) is 3.86. The zero-order valence-electron chi connectivity index (χ0n) is 9.59. The molecular weight excluding hydrogens is 200 g/mol. The molecule has 0 fully saturated rings. The molecule has 0 aliphatic carbocycles. The molecule has 0 saturated carbocycles. The Bertz CT molecular complexity index is 418. The third-order valence-corrected chi connectivity index (χ3v) is 3.28. The van der Waals surface area contributed by atoms with Gasteiger partial charge >= 0.3 is 0 Å². The standard InChI is InChI=1S/C12H15N4/c1-3-12(4-2,11-13-15-16-14-11)10-8-6-5-7-9-10/h5-9H,3-4H2,1-2H3/q-1. The minimum atomic E-state index is -0.148. The van der Waals surface area contributed by atoms with Gasteiger partial charge in [-0.3, -0.25) is 10.3 Å². The molecule has 2 aromatic rings. The Morgan fingerprint density at radius 2 is 1.81 bits per heavy atom. The molecule has 4 nitrogen and oxygen atoms in total. The van der Waals surface area contributed by atoms with Crippen molar-refractivity contribution in [3.63, 3.8) is 0 Å². The summed E-state index contributed by atoms with van der Waals surface area (Å²) in [5, 5.41) is 15.3. The minimum Gasteiger partial charge on any atom is -0.335 e. The molecule has 0 radical (unpaired) electrons. The average molecular weight is 215 g/mol. The number of hydrogen-bond acceptors (Lipinski definition) is 3. The Morgan fingerprint density at radius 1 is 1.12 bits per heavy atom. The molecular formula is C12H15N4-. The van der Waals surface area contributed by atoms with Crippen molar-refractivity contribution in [2.75, 3.05) is 0 Å². The van der Waals surface area contributed by atoms with Crippen LogP contribution in [0.5, 0.6) is 0 Å². The van der Waals surface area contributed by atoms with Gasteiger partial charge in [-0.05, 0) is 18.4 Å². The second-order valence-corrected chi connectivity index (χ2v) is 3.86. The smallest absolute Gasteiger partial charge is 0.0265 e. The predicted molar refractivity (Wildman–Crippen MR) is 61.0 cm³/mol. The van der Waals surface area contributed by atoms with Gasteiger partial charge in [0.25, 0.3) is 0 Å². The van der Waals surface area contributed by atoms with Crippen molar-refractivity contribution in [2.24, 2.45) is 0 Å². The van der Waals surface area contributed by atoms with E-state index in [1.165, 1.54) is 5.56 Å². The first-order chi connectivity index (χ1) is 7.83. The molecule has 1 aromatic carbocycles. The van der Waals surface area contributed by atoms with Crippen molar-refractivity contribution < 1.29 is 0 Å². The Hall–Kier alpha value is -1.71. The second kappa shape index (κ2) is 4.43. The third kappa shape index (κ3) is 1.60. The first kappa shape index (κ1) is 10.8. The lowest BCUT2D eigenvalue weighted by atomic mass is 9.75. The van der Waals surface area contributed by atoms with E-state index in [9.17, 15) is 0 Å². The van der Waals surface area contributed by atoms with Gasteiger partial charge in [-0.25, -0.2) is 0 Å². The highest BCUT2D eigenvalue weighted by Crippen LogP contribution is 2.35. The summed E-state index contributed by atoms with van der Waals surface area (Å²) in [6.07, 6.45) is 1.89. The Morgan fingerprint density at radius 3 is 2.31 bits per heavy atom. The fraction of sp³-hybridized carbons (Fsp3) is 0.417. The van der Waals surface area contributed by atoms with E-state index in [1.807, 2.05) is 18.2 Å². The van der Waals surface area contributed by atoms with E-state index < -0.39 is 0 Å². The quantitative estimate of drug-likeness (QED) is 0.782. The van der Waals surface area contributed by atoms with Gasteiger partial charge < -0.3 is 5.10 Å². The summed E-state index contributed by atoms with van der Waals surface area (Å²) in [5.74, 6) is 0.726. The van der Waals surface area contributed by atoms with Gasteiger partial charge in [-0.15, -0.1) is 0 Å². The molecule has 0 amide bonds. The van der Waals surface area contributed by atoms with E-state index in [0.29, 0.717) is 0 Å². The van der Waals surface area contributed by atoms with Crippen LogP contribution in [0.4, 0.5) is 0 Å². The molecule has 0 bridgehead atoms. The van der Waals surface area contributed by atoms with Crippen LogP contribution in [0.2, 0.25) is 0 Å². The topological polar surface area (TPSA) is 52.8 Å². The van der Waals surface area contributed by atoms with Crippen LogP contribution in [0.1, 0.15) is 38.1 Å². The highest BCUT2D eigenvalue weighted by molar-refractivity contribution is 5.31. The van der Waals surface area contributed by atoms with Crippen molar-refractivity contribution in [1.82, 2.24) is 20.6 Å². The van der Waals surface area contributed by atoms with Crippen molar-refractivity contribution in [2.45, 2.75) is 32.1 Å². The maximum absolute atomic E-state index is 4.03. The molecule has 84 valence electrons. The highest BCUT2D eigenvalue weighted by Gasteiger charge is 2.29. The Labute approximate surface area is 95.1 Å². The molecule has 0 aliphatic rings. The zero-order valence-corrected chi connectivity index (χ0v) is 9.59. The molecule has 0 N–H and O–H groups in total. The number of nitrogens with zero attached hydrogens (tertiary/aromatic N) is 4. The van der Waals surface area contributed by atoms with Crippen LogP contribution >= 0.6 is 0 Å². The zero-order chi connectivity index (χ0) is 11.4. The largest absolute Gasteiger partial charge is 0.335 e. The lowest BCUT2D eigenvalue weighted by Gasteiger charge is -2.32. The lowest BCUT2D eigenvalue weighted by Crippen LogP contribution is -2.28. The average Bonchev–Trinajstić information content (AvgIpc) is 2.87. The van der Waals surface area contributed by atoms with Gasteiger partial charge in [-0.2, -0.15) is 5.21 Å². The summed E-state index contributed by atoms with van der Waals surface area (Å²) in [4.78, 5) is 0. The van der Waals surface area contributed by atoms with Gasteiger partial charge in [0, 0.05) is 11.2 Å². The van der Waals surface area contributed by atoms with E-state index in [-0.39, 0.29) is 5.41 Å². The summed E-state index contributed by atoms with van der Waals surface area (Å²) in [5.41, 5.74) is 1.08. The van der Waals surface area contributed by atoms with Crippen LogP contribution in [0.15, 0.2) is 30.3 Å². The normalized spacial score (nSPS) is 11.6. The maximum atomic E-state index is 4.03. The molecule has 4 heteroatoms. The lowest BCUT2D eigenvalue weighted by molar-refractivity contribution is 0.448. The van der Waals surface area contributed by atoms with Gasteiger partial charge in [0.1, 0.15) is 0 Å². The number of benzene rings is 1. The van der Waals surface area contributed by atoms with E-state index in [0.717, 1.165) is 18.7 Å². The van der Waals surface area contributed by atoms with Crippen LogP contribution in [0.3, 0.4) is 0 Å². The van der Waals surface area contributed by atoms with Crippen LogP contribution in [-0.4, -0.2) is 15.5 Å². The van der Waals surface area contributed by atoms with Crippen molar-refractivity contribution in [3.8, 4) is 0 Å². The van der Waals surface area contributed by atoms with Crippen molar-refractivity contribution in [3.05, 3.63) is 41.7 Å². The van der Waals surface area contributed by atoms with Gasteiger partial charge in [-0.1, -0.05) is 44.2 Å². The molecule has 2 rings (SSSR count). The number of tetrazole rings is 1. The van der Waals surface area contributed by atoms with Crippen LogP contribution in [-0.2, 0) is 5.41 Å². The molecule has 0 aliphatic heterocycles. The first-order valence-corrected chi connectivity index (χ1v) is 5.58. The summed E-state index contributed by atoms with van der Waals surface area (Å²) in [7, 11) is 0. The highest BCUT2D eigenvalue weighted by atomic mass is 15.5. The number of hydrogen-bond donors (Lipinski definition) is 0. The Balaban J connectivity index is 2.52. The summed E-state index contributed by atoms with van der Waals surface area (Å²) < 4.78 is 0. The van der Waals surface area contributed by atoms with Crippen molar-refractivity contribution in [1.29, 1.82) is 0 Å². The van der Waals surface area contributed by atoms with E-state index in [2.05, 4.69) is 46.6 Å². The van der Waals surface area contributed by atoms with Crippen LogP contribution in [0, 0.1) is 0 Å². The van der Waals surface area contributed by atoms with E-state index in [4.69, 9.17) is 0 Å². The predicted octanol–water partition coefficient (Wildman–Crippen LogP) is 1.93. The fourth-order valence-corrected chi connectivity index (χ4v) is 2.20. The van der Waals surface area contributed by atoms with Gasteiger partial charge in [0.15, 0.2) is 0 Å². The van der Waals surface area contributed by atoms with E-state index >= 15 is 0 Å². The van der Waals surface area contributed by atoms with Crippen LogP contribution in [0.25, 0.3) is 0 Å². The number of aromatic nitrogens is 4. The van der Waals surface area contributed by atoms with Gasteiger partial charge in [0.05, 0.1) is 0 Å². The molecule has 0 saturated heterocycles. The number of rotatable bonds is 4. The molecule has 0 spiro atoms. The SMILES string of the molecule is CCC(CC)(c1ccccc1)c1nnn[n-]1. The van der Waals surface area contributed by atoms with Crippen molar-refractivity contribution >= 4 is 0 Å². The maximum Gasteiger partial charge on any atom is 0.0265 e. The molecule has 1 aromatic heterocycles. The first-order valence-electron chi connectivity index (χ1n) is 5.58. The van der Waals surface area contributed by atoms with Crippen LogP contribution < -0.4 is 5.10 Å². The van der Waals surface area contributed by atoms with Gasteiger partial charge in [0.2, 0.25) is 0 Å². The fourth-order valence-electron chi connectivity index (χ4n) is 2.20. The minimum absolute atomic E-state index is 0.148. The monoisotopic (exact) mass is 215 g/mol. The summed E-state index contributed by atoms with van der Waals surface area (Å²) >= 11 is 0. The Kier molecular flexibility index (Phi) is 2.99. The third-order valence-electron chi connectivity index (χ3n) is 3.28. The van der Waals surface area contributed by atoms with E-state index in [1.54, 1.807) is 0 Å². The summed E-state index contributed by atoms with van der Waals surface area (Å²) in [6.45, 7) is 4.29. The molecule has 16 heavy (non-hydrogen) atoms. The summed E-state index contributed by atoms with van der Waals surface area (Å²) in [6, 6.07) is 10.3.